The van der Waals surface area contributed by atoms with Crippen molar-refractivity contribution in [3.8, 4) is 34.2 Å². The number of aromatic nitrogens is 3. The van der Waals surface area contributed by atoms with E-state index in [0.717, 1.165) is 27.6 Å². The summed E-state index contributed by atoms with van der Waals surface area (Å²) in [6.07, 6.45) is 6.19. The van der Waals surface area contributed by atoms with Crippen LogP contribution >= 0.6 is 15.9 Å². The minimum Gasteiger partial charge on any atom is -0.208 e. The van der Waals surface area contributed by atoms with E-state index in [9.17, 15) is 0 Å². The van der Waals surface area contributed by atoms with Crippen LogP contribution in [0.3, 0.4) is 0 Å². The van der Waals surface area contributed by atoms with Crippen molar-refractivity contribution in [2.24, 2.45) is 0 Å². The summed E-state index contributed by atoms with van der Waals surface area (Å²) in [5, 5.41) is 0. The Morgan fingerprint density at radius 1 is 0.625 bits per heavy atom. The van der Waals surface area contributed by atoms with Crippen LogP contribution in [0.1, 0.15) is 38.2 Å². The molecule has 0 saturated carbocycles. The Morgan fingerprint density at radius 2 is 1.09 bits per heavy atom. The predicted molar refractivity (Wildman–Crippen MR) is 137 cm³/mol. The van der Waals surface area contributed by atoms with Crippen molar-refractivity contribution in [3.63, 3.8) is 0 Å². The molecule has 0 spiro atoms. The van der Waals surface area contributed by atoms with Gasteiger partial charge in [-0.3, -0.25) is 0 Å². The summed E-state index contributed by atoms with van der Waals surface area (Å²) in [4.78, 5) is 14.3. The standard InChI is InChI=1S/C27H25BBrN3/c1-2-3-4-5-6-19-7-9-20(10-8-19)25-30-26(21-11-15-23(28)16-12-21)32-27(31-25)22-13-17-24(29)18-14-22/h7-18H,2-6H2,1H3. The van der Waals surface area contributed by atoms with Crippen molar-refractivity contribution in [2.45, 2.75) is 39.0 Å². The number of aryl methyl sites for hydroxylation is 1. The van der Waals surface area contributed by atoms with Crippen LogP contribution in [-0.4, -0.2) is 22.8 Å². The van der Waals surface area contributed by atoms with Gasteiger partial charge in [-0.1, -0.05) is 108 Å². The third-order valence-electron chi connectivity index (χ3n) is 5.44. The van der Waals surface area contributed by atoms with Gasteiger partial charge < -0.3 is 0 Å². The Morgan fingerprint density at radius 3 is 1.59 bits per heavy atom. The predicted octanol–water partition coefficient (Wildman–Crippen LogP) is 6.55. The molecule has 0 bridgehead atoms. The molecule has 2 radical (unpaired) electrons. The molecule has 158 valence electrons. The largest absolute Gasteiger partial charge is 0.208 e. The highest BCUT2D eigenvalue weighted by Crippen LogP contribution is 2.25. The minimum absolute atomic E-state index is 0.636. The van der Waals surface area contributed by atoms with Gasteiger partial charge in [-0.05, 0) is 30.5 Å². The molecule has 5 heteroatoms. The van der Waals surface area contributed by atoms with Crippen LogP contribution < -0.4 is 5.46 Å². The second-order valence-corrected chi connectivity index (χ2v) is 8.86. The van der Waals surface area contributed by atoms with E-state index in [1.807, 2.05) is 48.5 Å². The number of rotatable bonds is 8. The zero-order valence-electron chi connectivity index (χ0n) is 18.3. The fourth-order valence-corrected chi connectivity index (χ4v) is 3.84. The lowest BCUT2D eigenvalue weighted by Gasteiger charge is -2.09. The van der Waals surface area contributed by atoms with E-state index < -0.39 is 0 Å². The molecule has 4 aromatic rings. The first-order chi connectivity index (χ1) is 15.6. The van der Waals surface area contributed by atoms with Crippen molar-refractivity contribution in [2.75, 3.05) is 0 Å². The third-order valence-corrected chi connectivity index (χ3v) is 5.97. The first kappa shape index (κ1) is 22.4. The fraction of sp³-hybridized carbons (Fsp3) is 0.222. The maximum absolute atomic E-state index is 5.87. The zero-order valence-corrected chi connectivity index (χ0v) is 19.8. The quantitative estimate of drug-likeness (QED) is 0.211. The minimum atomic E-state index is 0.636. The molecule has 0 amide bonds. The normalized spacial score (nSPS) is 10.9. The van der Waals surface area contributed by atoms with Crippen molar-refractivity contribution >= 4 is 29.2 Å². The molecule has 3 aromatic carbocycles. The van der Waals surface area contributed by atoms with Gasteiger partial charge in [-0.15, -0.1) is 0 Å². The molecule has 0 aliphatic heterocycles. The van der Waals surface area contributed by atoms with E-state index in [1.165, 1.54) is 31.2 Å². The highest BCUT2D eigenvalue weighted by molar-refractivity contribution is 9.10. The van der Waals surface area contributed by atoms with Crippen molar-refractivity contribution in [1.82, 2.24) is 15.0 Å². The third kappa shape index (κ3) is 5.71. The van der Waals surface area contributed by atoms with Crippen LogP contribution in [-0.2, 0) is 6.42 Å². The first-order valence-corrected chi connectivity index (χ1v) is 11.9. The number of unbranched alkanes of at least 4 members (excludes halogenated alkanes) is 3. The Labute approximate surface area is 199 Å². The topological polar surface area (TPSA) is 38.7 Å². The lowest BCUT2D eigenvalue weighted by Crippen LogP contribution is -2.03. The molecule has 0 atom stereocenters. The van der Waals surface area contributed by atoms with E-state index in [1.54, 1.807) is 0 Å². The lowest BCUT2D eigenvalue weighted by atomic mass is 9.95. The zero-order chi connectivity index (χ0) is 22.3. The van der Waals surface area contributed by atoms with Crippen molar-refractivity contribution in [1.29, 1.82) is 0 Å². The molecule has 32 heavy (non-hydrogen) atoms. The summed E-state index contributed by atoms with van der Waals surface area (Å²) in [7, 11) is 5.87. The summed E-state index contributed by atoms with van der Waals surface area (Å²) in [6, 6.07) is 24.2. The van der Waals surface area contributed by atoms with Gasteiger partial charge in [-0.2, -0.15) is 0 Å². The molecular formula is C27H25BBrN3. The number of hydrogen-bond donors (Lipinski definition) is 0. The maximum Gasteiger partial charge on any atom is 0.164 e. The average Bonchev–Trinajstić information content (AvgIpc) is 2.83. The van der Waals surface area contributed by atoms with Crippen LogP contribution in [0.2, 0.25) is 0 Å². The van der Waals surface area contributed by atoms with E-state index in [0.29, 0.717) is 22.9 Å². The molecular weight excluding hydrogens is 457 g/mol. The second-order valence-electron chi connectivity index (χ2n) is 7.94. The van der Waals surface area contributed by atoms with Crippen LogP contribution in [0.15, 0.2) is 77.3 Å². The Bertz CT molecular complexity index is 1090. The molecule has 4 rings (SSSR count). The van der Waals surface area contributed by atoms with Gasteiger partial charge in [0.1, 0.15) is 7.85 Å². The molecule has 0 fully saturated rings. The van der Waals surface area contributed by atoms with Crippen LogP contribution in [0.25, 0.3) is 34.2 Å². The number of benzene rings is 3. The lowest BCUT2D eigenvalue weighted by molar-refractivity contribution is 0.667. The second kappa shape index (κ2) is 10.7. The average molecular weight is 482 g/mol. The van der Waals surface area contributed by atoms with Crippen molar-refractivity contribution < 1.29 is 0 Å². The summed E-state index contributed by atoms with van der Waals surface area (Å²) in [5.41, 5.74) is 4.91. The van der Waals surface area contributed by atoms with Gasteiger partial charge >= 0.3 is 0 Å². The molecule has 3 nitrogen and oxygen atoms in total. The number of hydrogen-bond acceptors (Lipinski definition) is 3. The fourth-order valence-electron chi connectivity index (χ4n) is 3.57. The van der Waals surface area contributed by atoms with Gasteiger partial charge in [-0.25, -0.2) is 15.0 Å². The highest BCUT2D eigenvalue weighted by Gasteiger charge is 2.12. The first-order valence-electron chi connectivity index (χ1n) is 11.1. The highest BCUT2D eigenvalue weighted by atomic mass is 79.9. The summed E-state index contributed by atoms with van der Waals surface area (Å²) in [6.45, 7) is 2.24. The van der Waals surface area contributed by atoms with Gasteiger partial charge in [0.05, 0.1) is 0 Å². The maximum atomic E-state index is 5.87. The van der Waals surface area contributed by atoms with Crippen LogP contribution in [0, 0.1) is 0 Å². The summed E-state index contributed by atoms with van der Waals surface area (Å²) >= 11 is 3.50. The molecule has 0 saturated heterocycles. The van der Waals surface area contributed by atoms with Crippen molar-refractivity contribution in [3.05, 3.63) is 82.8 Å². The molecule has 1 aromatic heterocycles. The SMILES string of the molecule is [B]c1ccc(-c2nc(-c3ccc(Br)cc3)nc(-c3ccc(CCCCCC)cc3)n2)cc1. The molecule has 0 aliphatic carbocycles. The molecule has 0 aliphatic rings. The van der Waals surface area contributed by atoms with Gasteiger partial charge in [0.2, 0.25) is 0 Å². The van der Waals surface area contributed by atoms with Gasteiger partial charge in [0, 0.05) is 21.2 Å². The van der Waals surface area contributed by atoms with Gasteiger partial charge in [0.25, 0.3) is 0 Å². The summed E-state index contributed by atoms with van der Waals surface area (Å²) < 4.78 is 1.02. The Balaban J connectivity index is 1.69. The van der Waals surface area contributed by atoms with E-state index in [2.05, 4.69) is 47.1 Å². The van der Waals surface area contributed by atoms with Crippen LogP contribution in [0.5, 0.6) is 0 Å². The van der Waals surface area contributed by atoms with E-state index in [4.69, 9.17) is 22.8 Å². The Kier molecular flexibility index (Phi) is 7.49. The molecule has 1 heterocycles. The summed E-state index contributed by atoms with van der Waals surface area (Å²) in [5.74, 6) is 1.96. The van der Waals surface area contributed by atoms with E-state index >= 15 is 0 Å². The van der Waals surface area contributed by atoms with Crippen LogP contribution in [0.4, 0.5) is 0 Å². The van der Waals surface area contributed by atoms with E-state index in [-0.39, 0.29) is 0 Å². The Hall–Kier alpha value is -2.79. The molecule has 0 N–H and O–H groups in total. The number of halogens is 1. The monoisotopic (exact) mass is 481 g/mol. The molecule has 0 unspecified atom stereocenters. The number of nitrogens with zero attached hydrogens (tertiary/aromatic N) is 3. The smallest absolute Gasteiger partial charge is 0.164 e. The van der Waals surface area contributed by atoms with Gasteiger partial charge in [0.15, 0.2) is 17.5 Å².